The molecular formula is C19H27N5O2. The molecular weight excluding hydrogens is 330 g/mol. The fourth-order valence-electron chi connectivity index (χ4n) is 3.74. The maximum Gasteiger partial charge on any atom is 0.193 e. The summed E-state index contributed by atoms with van der Waals surface area (Å²) in [6.07, 6.45) is 3.42. The van der Waals surface area contributed by atoms with Crippen LogP contribution in [0.1, 0.15) is 18.7 Å². The summed E-state index contributed by atoms with van der Waals surface area (Å²) < 4.78 is 11.7. The molecule has 1 aromatic carbocycles. The largest absolute Gasteiger partial charge is 0.375 e. The first-order valence-electron chi connectivity index (χ1n) is 9.46. The zero-order chi connectivity index (χ0) is 17.8. The Morgan fingerprint density at radius 1 is 1.31 bits per heavy atom. The smallest absolute Gasteiger partial charge is 0.193 e. The van der Waals surface area contributed by atoms with Gasteiger partial charge in [-0.25, -0.2) is 4.98 Å². The maximum atomic E-state index is 5.93. The number of benzene rings is 1. The summed E-state index contributed by atoms with van der Waals surface area (Å²) in [4.78, 5) is 14.7. The van der Waals surface area contributed by atoms with Gasteiger partial charge in [-0.2, -0.15) is 0 Å². The minimum absolute atomic E-state index is 0.139. The summed E-state index contributed by atoms with van der Waals surface area (Å²) in [6.45, 7) is 4.04. The average Bonchev–Trinajstić information content (AvgIpc) is 3.34. The van der Waals surface area contributed by atoms with Gasteiger partial charge in [0.15, 0.2) is 5.96 Å². The van der Waals surface area contributed by atoms with Crippen molar-refractivity contribution in [3.63, 3.8) is 0 Å². The molecule has 0 amide bonds. The fourth-order valence-corrected chi connectivity index (χ4v) is 3.74. The highest BCUT2D eigenvalue weighted by Gasteiger charge is 2.32. The maximum absolute atomic E-state index is 5.93. The van der Waals surface area contributed by atoms with Crippen molar-refractivity contribution in [2.75, 3.05) is 39.9 Å². The topological polar surface area (TPSA) is 74.8 Å². The highest BCUT2D eigenvalue weighted by atomic mass is 16.5. The predicted molar refractivity (Wildman–Crippen MR) is 101 cm³/mol. The number of fused-ring (bicyclic) bond motifs is 1. The third-order valence-electron chi connectivity index (χ3n) is 5.07. The molecule has 0 spiro atoms. The van der Waals surface area contributed by atoms with E-state index >= 15 is 0 Å². The summed E-state index contributed by atoms with van der Waals surface area (Å²) in [5.41, 5.74) is 2.10. The van der Waals surface area contributed by atoms with Gasteiger partial charge in [0, 0.05) is 39.7 Å². The standard InChI is InChI=1S/C19H27N5O2/c1-20-19(24-10-12-26-17(13-24)16-7-4-11-25-16)21-9-8-18-22-14-5-2-3-6-15(14)23-18/h2-3,5-6,16-17H,4,7-13H2,1H3,(H,20,21)(H,22,23). The van der Waals surface area contributed by atoms with Gasteiger partial charge in [0.1, 0.15) is 11.9 Å². The molecule has 4 rings (SSSR count). The number of ether oxygens (including phenoxy) is 2. The molecule has 140 valence electrons. The van der Waals surface area contributed by atoms with Crippen LogP contribution in [0.3, 0.4) is 0 Å². The number of aliphatic imine (C=N–C) groups is 1. The number of imidazole rings is 1. The Kier molecular flexibility index (Phi) is 5.36. The van der Waals surface area contributed by atoms with Crippen molar-refractivity contribution < 1.29 is 9.47 Å². The number of H-pyrrole nitrogens is 1. The molecule has 0 radical (unpaired) electrons. The number of aromatic amines is 1. The Balaban J connectivity index is 1.31. The highest BCUT2D eigenvalue weighted by molar-refractivity contribution is 5.80. The SMILES string of the molecule is CN=C(NCCc1nc2ccccc2[nH]1)N1CCOC(C2CCCO2)C1. The van der Waals surface area contributed by atoms with Gasteiger partial charge in [0.25, 0.3) is 0 Å². The average molecular weight is 357 g/mol. The molecule has 2 aliphatic heterocycles. The molecule has 26 heavy (non-hydrogen) atoms. The summed E-state index contributed by atoms with van der Waals surface area (Å²) in [5.74, 6) is 1.92. The van der Waals surface area contributed by atoms with Crippen LogP contribution in [0, 0.1) is 0 Å². The number of nitrogens with zero attached hydrogens (tertiary/aromatic N) is 3. The number of aromatic nitrogens is 2. The molecule has 2 aromatic rings. The van der Waals surface area contributed by atoms with Crippen LogP contribution in [-0.4, -0.2) is 72.9 Å². The number of guanidine groups is 1. The van der Waals surface area contributed by atoms with Crippen molar-refractivity contribution in [1.82, 2.24) is 20.2 Å². The normalized spacial score (nSPS) is 24.3. The zero-order valence-corrected chi connectivity index (χ0v) is 15.3. The lowest BCUT2D eigenvalue weighted by Crippen LogP contribution is -2.53. The molecule has 7 heteroatoms. The molecule has 2 unspecified atom stereocenters. The number of hydrogen-bond acceptors (Lipinski definition) is 4. The molecule has 2 fully saturated rings. The third-order valence-corrected chi connectivity index (χ3v) is 5.07. The second-order valence-corrected chi connectivity index (χ2v) is 6.83. The Morgan fingerprint density at radius 2 is 2.19 bits per heavy atom. The lowest BCUT2D eigenvalue weighted by molar-refractivity contribution is -0.0816. The van der Waals surface area contributed by atoms with Crippen LogP contribution in [0.2, 0.25) is 0 Å². The lowest BCUT2D eigenvalue weighted by atomic mass is 10.1. The first kappa shape index (κ1) is 17.3. The summed E-state index contributed by atoms with van der Waals surface area (Å²) in [6, 6.07) is 8.11. The minimum atomic E-state index is 0.139. The van der Waals surface area contributed by atoms with Gasteiger partial charge in [0.2, 0.25) is 0 Å². The quantitative estimate of drug-likeness (QED) is 0.642. The van der Waals surface area contributed by atoms with E-state index in [2.05, 4.69) is 31.2 Å². The highest BCUT2D eigenvalue weighted by Crippen LogP contribution is 2.21. The van der Waals surface area contributed by atoms with Crippen LogP contribution in [0.25, 0.3) is 11.0 Å². The number of morpholine rings is 1. The van der Waals surface area contributed by atoms with Crippen LogP contribution in [0.4, 0.5) is 0 Å². The van der Waals surface area contributed by atoms with Crippen LogP contribution in [0.5, 0.6) is 0 Å². The lowest BCUT2D eigenvalue weighted by Gasteiger charge is -2.37. The molecule has 2 atom stereocenters. The van der Waals surface area contributed by atoms with Crippen molar-refractivity contribution in [1.29, 1.82) is 0 Å². The van der Waals surface area contributed by atoms with Gasteiger partial charge in [-0.3, -0.25) is 4.99 Å². The minimum Gasteiger partial charge on any atom is -0.375 e. The van der Waals surface area contributed by atoms with Crippen molar-refractivity contribution in [2.45, 2.75) is 31.5 Å². The summed E-state index contributed by atoms with van der Waals surface area (Å²) in [5, 5.41) is 3.46. The van der Waals surface area contributed by atoms with Gasteiger partial charge < -0.3 is 24.7 Å². The van der Waals surface area contributed by atoms with E-state index < -0.39 is 0 Å². The number of rotatable bonds is 4. The second kappa shape index (κ2) is 8.05. The van der Waals surface area contributed by atoms with Crippen molar-refractivity contribution in [3.8, 4) is 0 Å². The van der Waals surface area contributed by atoms with Crippen LogP contribution >= 0.6 is 0 Å². The van der Waals surface area contributed by atoms with E-state index in [1.807, 2.05) is 25.2 Å². The van der Waals surface area contributed by atoms with Gasteiger partial charge >= 0.3 is 0 Å². The van der Waals surface area contributed by atoms with E-state index in [0.29, 0.717) is 0 Å². The van der Waals surface area contributed by atoms with Crippen LogP contribution < -0.4 is 5.32 Å². The summed E-state index contributed by atoms with van der Waals surface area (Å²) >= 11 is 0. The van der Waals surface area contributed by atoms with Gasteiger partial charge in [0.05, 0.1) is 23.7 Å². The van der Waals surface area contributed by atoms with E-state index in [9.17, 15) is 0 Å². The molecule has 0 aliphatic carbocycles. The molecule has 2 saturated heterocycles. The molecule has 2 N–H and O–H groups in total. The van der Waals surface area contributed by atoms with Gasteiger partial charge in [-0.1, -0.05) is 12.1 Å². The predicted octanol–water partition coefficient (Wildman–Crippen LogP) is 1.56. The second-order valence-electron chi connectivity index (χ2n) is 6.83. The number of nitrogens with one attached hydrogen (secondary N) is 2. The molecule has 0 saturated carbocycles. The van der Waals surface area contributed by atoms with E-state index in [4.69, 9.17) is 9.47 Å². The zero-order valence-electron chi connectivity index (χ0n) is 15.3. The molecule has 7 nitrogen and oxygen atoms in total. The third kappa shape index (κ3) is 3.83. The van der Waals surface area contributed by atoms with E-state index in [1.54, 1.807) is 0 Å². The van der Waals surface area contributed by atoms with E-state index in [-0.39, 0.29) is 12.2 Å². The van der Waals surface area contributed by atoms with Gasteiger partial charge in [-0.05, 0) is 25.0 Å². The number of para-hydroxylation sites is 2. The van der Waals surface area contributed by atoms with E-state index in [0.717, 1.165) is 74.9 Å². The molecule has 3 heterocycles. The van der Waals surface area contributed by atoms with Crippen molar-refractivity contribution >= 4 is 17.0 Å². The first-order chi connectivity index (χ1) is 12.8. The van der Waals surface area contributed by atoms with Gasteiger partial charge in [-0.15, -0.1) is 0 Å². The Hall–Kier alpha value is -2.12. The Morgan fingerprint density at radius 3 is 3.00 bits per heavy atom. The molecule has 2 aliphatic rings. The van der Waals surface area contributed by atoms with Crippen LogP contribution in [0.15, 0.2) is 29.3 Å². The fraction of sp³-hybridized carbons (Fsp3) is 0.579. The Labute approximate surface area is 153 Å². The van der Waals surface area contributed by atoms with Crippen molar-refractivity contribution in [3.05, 3.63) is 30.1 Å². The van der Waals surface area contributed by atoms with Crippen molar-refractivity contribution in [2.24, 2.45) is 4.99 Å². The molecule has 1 aromatic heterocycles. The Bertz CT molecular complexity index is 720. The monoisotopic (exact) mass is 357 g/mol. The molecule has 0 bridgehead atoms. The first-order valence-corrected chi connectivity index (χ1v) is 9.46. The number of hydrogen-bond donors (Lipinski definition) is 2. The van der Waals surface area contributed by atoms with E-state index in [1.165, 1.54) is 0 Å². The van der Waals surface area contributed by atoms with Crippen LogP contribution in [-0.2, 0) is 15.9 Å². The summed E-state index contributed by atoms with van der Waals surface area (Å²) in [7, 11) is 1.83.